The number of nitrogens with zero attached hydrogens (tertiary/aromatic N) is 2. The van der Waals surface area contributed by atoms with E-state index in [-0.39, 0.29) is 11.3 Å². The number of carbonyl (C=O) groups excluding carboxylic acids is 2. The maximum Gasteiger partial charge on any atom is 0.295 e. The first kappa shape index (κ1) is 23.5. The molecule has 3 rings (SSSR count). The smallest absolute Gasteiger partial charge is 0.295 e. The van der Waals surface area contributed by atoms with E-state index < -0.39 is 17.7 Å². The summed E-state index contributed by atoms with van der Waals surface area (Å²) in [6.07, 6.45) is 7.61. The lowest BCUT2D eigenvalue weighted by Gasteiger charge is -2.24. The number of likely N-dealkylation sites (tertiary alicyclic amines) is 1. The van der Waals surface area contributed by atoms with E-state index in [2.05, 4.69) is 18.8 Å². The molecule has 32 heavy (non-hydrogen) atoms. The third kappa shape index (κ3) is 5.36. The van der Waals surface area contributed by atoms with E-state index in [0.29, 0.717) is 30.2 Å². The normalized spacial score (nSPS) is 17.7. The molecule has 1 atom stereocenters. The van der Waals surface area contributed by atoms with E-state index >= 15 is 0 Å². The standard InChI is InChI=1S/C26H32N2O4/c1-3-5-9-17-28-23(21-11-7-8-16-27-21)22(25(30)26(28)31)24(29)19-12-14-20(15-13-19)32-18-10-6-4-2/h7-8,11-16,23,29H,3-6,9-10,17-18H2,1-2H3/b24-22-. The molecule has 1 aliphatic rings. The maximum absolute atomic E-state index is 13.0. The molecule has 1 aromatic heterocycles. The number of hydrogen-bond acceptors (Lipinski definition) is 5. The zero-order chi connectivity index (χ0) is 22.9. The molecule has 6 heteroatoms. The molecule has 2 heterocycles. The molecule has 1 unspecified atom stereocenters. The Kier molecular flexibility index (Phi) is 8.42. The van der Waals surface area contributed by atoms with Gasteiger partial charge in [-0.05, 0) is 49.2 Å². The van der Waals surface area contributed by atoms with Gasteiger partial charge in [0.25, 0.3) is 11.7 Å². The van der Waals surface area contributed by atoms with Gasteiger partial charge in [0.15, 0.2) is 0 Å². The summed E-state index contributed by atoms with van der Waals surface area (Å²) in [5, 5.41) is 11.1. The summed E-state index contributed by atoms with van der Waals surface area (Å²) in [4.78, 5) is 31.7. The highest BCUT2D eigenvalue weighted by Gasteiger charge is 2.46. The number of pyridine rings is 1. The number of aliphatic hydroxyl groups is 1. The van der Waals surface area contributed by atoms with E-state index in [1.54, 1.807) is 42.6 Å². The number of aliphatic hydroxyl groups excluding tert-OH is 1. The molecule has 0 aliphatic carbocycles. The quantitative estimate of drug-likeness (QED) is 0.225. The first-order valence-electron chi connectivity index (χ1n) is 11.5. The molecule has 0 spiro atoms. The first-order chi connectivity index (χ1) is 15.6. The highest BCUT2D eigenvalue weighted by Crippen LogP contribution is 2.38. The minimum Gasteiger partial charge on any atom is -0.507 e. The molecular formula is C26H32N2O4. The zero-order valence-corrected chi connectivity index (χ0v) is 18.9. The van der Waals surface area contributed by atoms with Crippen LogP contribution in [0.2, 0.25) is 0 Å². The van der Waals surface area contributed by atoms with Crippen LogP contribution in [0.1, 0.15) is 69.7 Å². The van der Waals surface area contributed by atoms with Crippen molar-refractivity contribution >= 4 is 17.4 Å². The lowest BCUT2D eigenvalue weighted by molar-refractivity contribution is -0.140. The number of unbranched alkanes of at least 4 members (excludes halogenated alkanes) is 4. The van der Waals surface area contributed by atoms with Gasteiger partial charge < -0.3 is 14.7 Å². The highest BCUT2D eigenvalue weighted by atomic mass is 16.5. The number of amides is 1. The van der Waals surface area contributed by atoms with Gasteiger partial charge in [0.05, 0.1) is 17.9 Å². The van der Waals surface area contributed by atoms with Crippen molar-refractivity contribution in [3.05, 3.63) is 65.5 Å². The van der Waals surface area contributed by atoms with Crippen molar-refractivity contribution in [3.8, 4) is 5.75 Å². The number of rotatable bonds is 11. The number of carbonyl (C=O) groups is 2. The van der Waals surface area contributed by atoms with Gasteiger partial charge in [0.1, 0.15) is 17.6 Å². The molecule has 0 saturated carbocycles. The van der Waals surface area contributed by atoms with Crippen LogP contribution in [-0.2, 0) is 9.59 Å². The number of benzene rings is 1. The van der Waals surface area contributed by atoms with Crippen LogP contribution < -0.4 is 4.74 Å². The number of hydrogen-bond donors (Lipinski definition) is 1. The molecule has 0 bridgehead atoms. The second-order valence-corrected chi connectivity index (χ2v) is 8.03. The third-order valence-electron chi connectivity index (χ3n) is 5.65. The minimum atomic E-state index is -0.696. The van der Waals surface area contributed by atoms with Crippen LogP contribution in [0, 0.1) is 0 Å². The van der Waals surface area contributed by atoms with Crippen LogP contribution >= 0.6 is 0 Å². The predicted octanol–water partition coefficient (Wildman–Crippen LogP) is 5.26. The summed E-state index contributed by atoms with van der Waals surface area (Å²) in [5.74, 6) is -0.739. The van der Waals surface area contributed by atoms with Crippen LogP contribution in [0.15, 0.2) is 54.2 Å². The second-order valence-electron chi connectivity index (χ2n) is 8.03. The minimum absolute atomic E-state index is 0.0850. The number of Topliss-reactive ketones (excluding diaryl/α,β-unsaturated/α-hetero) is 1. The Morgan fingerprint density at radius 1 is 1.00 bits per heavy atom. The van der Waals surface area contributed by atoms with Gasteiger partial charge in [0, 0.05) is 18.3 Å². The van der Waals surface area contributed by atoms with Crippen molar-refractivity contribution in [1.29, 1.82) is 0 Å². The molecule has 1 aromatic carbocycles. The van der Waals surface area contributed by atoms with Crippen molar-refractivity contribution in [2.24, 2.45) is 0 Å². The van der Waals surface area contributed by atoms with Crippen molar-refractivity contribution in [3.63, 3.8) is 0 Å². The van der Waals surface area contributed by atoms with Crippen molar-refractivity contribution in [1.82, 2.24) is 9.88 Å². The molecule has 1 N–H and O–H groups in total. The molecule has 170 valence electrons. The summed E-state index contributed by atoms with van der Waals surface area (Å²) < 4.78 is 5.73. The molecular weight excluding hydrogens is 404 g/mol. The molecule has 1 amide bonds. The Hall–Kier alpha value is -3.15. The van der Waals surface area contributed by atoms with Crippen LogP contribution in [0.3, 0.4) is 0 Å². The van der Waals surface area contributed by atoms with Crippen LogP contribution in [0.4, 0.5) is 0 Å². The van der Waals surface area contributed by atoms with Gasteiger partial charge in [-0.3, -0.25) is 14.6 Å². The Morgan fingerprint density at radius 3 is 2.38 bits per heavy atom. The van der Waals surface area contributed by atoms with Gasteiger partial charge in [-0.25, -0.2) is 0 Å². The van der Waals surface area contributed by atoms with Gasteiger partial charge in [-0.2, -0.15) is 0 Å². The lowest BCUT2D eigenvalue weighted by Crippen LogP contribution is -2.31. The number of ether oxygens (including phenoxy) is 1. The summed E-state index contributed by atoms with van der Waals surface area (Å²) >= 11 is 0. The molecule has 0 radical (unpaired) electrons. The van der Waals surface area contributed by atoms with Crippen molar-refractivity contribution in [2.45, 2.75) is 58.4 Å². The summed E-state index contributed by atoms with van der Waals surface area (Å²) in [6, 6.07) is 11.7. The monoisotopic (exact) mass is 436 g/mol. The molecule has 1 saturated heterocycles. The SMILES string of the molecule is CCCCCOc1ccc(/C(O)=C2/C(=O)C(=O)N(CCCCC)C2c2ccccn2)cc1. The van der Waals surface area contributed by atoms with Gasteiger partial charge >= 0.3 is 0 Å². The van der Waals surface area contributed by atoms with Crippen LogP contribution in [-0.4, -0.2) is 39.8 Å². The summed E-state index contributed by atoms with van der Waals surface area (Å²) in [6.45, 7) is 5.31. The van der Waals surface area contributed by atoms with E-state index in [9.17, 15) is 14.7 Å². The molecule has 1 aliphatic heterocycles. The zero-order valence-electron chi connectivity index (χ0n) is 18.9. The average Bonchev–Trinajstić information content (AvgIpc) is 3.07. The topological polar surface area (TPSA) is 79.7 Å². The van der Waals surface area contributed by atoms with Crippen molar-refractivity contribution in [2.75, 3.05) is 13.2 Å². The highest BCUT2D eigenvalue weighted by molar-refractivity contribution is 6.46. The number of aromatic nitrogens is 1. The third-order valence-corrected chi connectivity index (χ3v) is 5.65. The predicted molar refractivity (Wildman–Crippen MR) is 124 cm³/mol. The Labute approximate surface area is 189 Å². The Balaban J connectivity index is 1.91. The van der Waals surface area contributed by atoms with Gasteiger partial charge in [-0.1, -0.05) is 45.6 Å². The van der Waals surface area contributed by atoms with Gasteiger partial charge in [0.2, 0.25) is 0 Å². The average molecular weight is 437 g/mol. The fourth-order valence-corrected chi connectivity index (χ4v) is 3.89. The fraction of sp³-hybridized carbons (Fsp3) is 0.423. The van der Waals surface area contributed by atoms with Crippen LogP contribution in [0.5, 0.6) is 5.75 Å². The molecule has 6 nitrogen and oxygen atoms in total. The maximum atomic E-state index is 13.0. The van der Waals surface area contributed by atoms with Gasteiger partial charge in [-0.15, -0.1) is 0 Å². The first-order valence-corrected chi connectivity index (χ1v) is 11.5. The van der Waals surface area contributed by atoms with Crippen LogP contribution in [0.25, 0.3) is 5.76 Å². The summed E-state index contributed by atoms with van der Waals surface area (Å²) in [5.41, 5.74) is 1.13. The van der Waals surface area contributed by atoms with E-state index in [1.165, 1.54) is 4.90 Å². The van der Waals surface area contributed by atoms with E-state index in [1.807, 2.05) is 6.07 Å². The summed E-state index contributed by atoms with van der Waals surface area (Å²) in [7, 11) is 0. The second kappa shape index (κ2) is 11.5. The number of ketones is 1. The van der Waals surface area contributed by atoms with E-state index in [4.69, 9.17) is 4.74 Å². The fourth-order valence-electron chi connectivity index (χ4n) is 3.89. The largest absolute Gasteiger partial charge is 0.507 e. The molecule has 2 aromatic rings. The molecule has 1 fully saturated rings. The Morgan fingerprint density at radius 2 is 1.72 bits per heavy atom. The van der Waals surface area contributed by atoms with E-state index in [0.717, 1.165) is 38.5 Å². The Bertz CT molecular complexity index is 938. The lowest BCUT2D eigenvalue weighted by atomic mass is 9.98. The van der Waals surface area contributed by atoms with Crippen molar-refractivity contribution < 1.29 is 19.4 Å².